The van der Waals surface area contributed by atoms with Gasteiger partial charge >= 0.3 is 0 Å². The Balaban J connectivity index is 1.60. The average Bonchev–Trinajstić information content (AvgIpc) is 3.09. The Bertz CT molecular complexity index is 839. The van der Waals surface area contributed by atoms with Crippen LogP contribution in [-0.4, -0.2) is 36.4 Å². The van der Waals surface area contributed by atoms with E-state index in [4.69, 9.17) is 0 Å². The second-order valence-corrected chi connectivity index (χ2v) is 6.29. The summed E-state index contributed by atoms with van der Waals surface area (Å²) in [7, 11) is 0. The first-order valence-corrected chi connectivity index (χ1v) is 8.48. The molecule has 1 atom stereocenters. The molecule has 2 heterocycles. The first-order valence-electron chi connectivity index (χ1n) is 7.50. The third-order valence-electron chi connectivity index (χ3n) is 3.29. The van der Waals surface area contributed by atoms with Gasteiger partial charge in [-0.05, 0) is 30.3 Å². The molecule has 0 aliphatic heterocycles. The van der Waals surface area contributed by atoms with Gasteiger partial charge in [-0.25, -0.2) is 14.4 Å². The van der Waals surface area contributed by atoms with E-state index in [0.717, 1.165) is 4.90 Å². The number of nitrogens with zero attached hydrogens (tertiary/aromatic N) is 5. The SMILES string of the molecule is CC(CSc1ccc(F)cc1)C(=O)Nc1ncnn1-c1ncccn1. The van der Waals surface area contributed by atoms with E-state index in [1.807, 2.05) is 6.92 Å². The van der Waals surface area contributed by atoms with Crippen LogP contribution in [0.3, 0.4) is 0 Å². The number of amides is 1. The molecule has 0 aliphatic rings. The largest absolute Gasteiger partial charge is 0.294 e. The molecular weight excluding hydrogens is 343 g/mol. The van der Waals surface area contributed by atoms with Crippen molar-refractivity contribution >= 4 is 23.6 Å². The van der Waals surface area contributed by atoms with Crippen LogP contribution in [0.15, 0.2) is 53.9 Å². The zero-order valence-electron chi connectivity index (χ0n) is 13.3. The fourth-order valence-electron chi connectivity index (χ4n) is 1.93. The van der Waals surface area contributed by atoms with Crippen molar-refractivity contribution in [1.29, 1.82) is 0 Å². The van der Waals surface area contributed by atoms with Crippen molar-refractivity contribution in [2.75, 3.05) is 11.1 Å². The molecule has 1 N–H and O–H groups in total. The Morgan fingerprint density at radius 3 is 2.68 bits per heavy atom. The lowest BCUT2D eigenvalue weighted by atomic mass is 10.2. The highest BCUT2D eigenvalue weighted by atomic mass is 32.2. The highest BCUT2D eigenvalue weighted by Crippen LogP contribution is 2.21. The number of nitrogens with one attached hydrogen (secondary N) is 1. The summed E-state index contributed by atoms with van der Waals surface area (Å²) in [5.41, 5.74) is 0. The van der Waals surface area contributed by atoms with E-state index in [1.54, 1.807) is 30.6 Å². The number of halogens is 1. The molecule has 0 bridgehead atoms. The zero-order chi connectivity index (χ0) is 17.6. The molecule has 0 spiro atoms. The lowest BCUT2D eigenvalue weighted by Gasteiger charge is -2.11. The molecular formula is C16H15FN6OS. The molecule has 3 aromatic rings. The highest BCUT2D eigenvalue weighted by molar-refractivity contribution is 7.99. The van der Waals surface area contributed by atoms with E-state index < -0.39 is 0 Å². The zero-order valence-corrected chi connectivity index (χ0v) is 14.2. The van der Waals surface area contributed by atoms with Crippen LogP contribution in [-0.2, 0) is 4.79 Å². The summed E-state index contributed by atoms with van der Waals surface area (Å²) in [4.78, 5) is 25.5. The van der Waals surface area contributed by atoms with E-state index >= 15 is 0 Å². The fourth-order valence-corrected chi connectivity index (χ4v) is 2.86. The summed E-state index contributed by atoms with van der Waals surface area (Å²) in [5.74, 6) is 0.376. The van der Waals surface area contributed by atoms with Crippen LogP contribution in [0.5, 0.6) is 0 Å². The summed E-state index contributed by atoms with van der Waals surface area (Å²) >= 11 is 1.48. The van der Waals surface area contributed by atoms with Crippen molar-refractivity contribution in [2.45, 2.75) is 11.8 Å². The predicted octanol–water partition coefficient (Wildman–Crippen LogP) is 2.56. The summed E-state index contributed by atoms with van der Waals surface area (Å²) in [6.45, 7) is 1.81. The van der Waals surface area contributed by atoms with Gasteiger partial charge in [0.15, 0.2) is 0 Å². The first kappa shape index (κ1) is 17.0. The minimum absolute atomic E-state index is 0.195. The Kier molecular flexibility index (Phi) is 5.34. The third-order valence-corrected chi connectivity index (χ3v) is 4.56. The number of hydrogen-bond acceptors (Lipinski definition) is 6. The van der Waals surface area contributed by atoms with Crippen molar-refractivity contribution in [3.63, 3.8) is 0 Å². The number of carbonyl (C=O) groups excluding carboxylic acids is 1. The van der Waals surface area contributed by atoms with Crippen LogP contribution in [0.4, 0.5) is 10.3 Å². The van der Waals surface area contributed by atoms with Gasteiger partial charge in [-0.3, -0.25) is 10.1 Å². The Morgan fingerprint density at radius 1 is 1.24 bits per heavy atom. The minimum atomic E-state index is -0.281. The lowest BCUT2D eigenvalue weighted by molar-refractivity contribution is -0.118. The maximum Gasteiger partial charge on any atom is 0.253 e. The van der Waals surface area contributed by atoms with Crippen LogP contribution < -0.4 is 5.32 Å². The van der Waals surface area contributed by atoms with Crippen molar-refractivity contribution in [3.05, 3.63) is 54.9 Å². The average molecular weight is 358 g/mol. The van der Waals surface area contributed by atoms with Crippen LogP contribution in [0.2, 0.25) is 0 Å². The molecule has 0 aliphatic carbocycles. The molecule has 0 saturated heterocycles. The monoisotopic (exact) mass is 358 g/mol. The van der Waals surface area contributed by atoms with Gasteiger partial charge in [0.25, 0.3) is 5.95 Å². The second-order valence-electron chi connectivity index (χ2n) is 5.20. The topological polar surface area (TPSA) is 85.6 Å². The Morgan fingerprint density at radius 2 is 1.96 bits per heavy atom. The van der Waals surface area contributed by atoms with Crippen molar-refractivity contribution in [3.8, 4) is 5.95 Å². The molecule has 7 nitrogen and oxygen atoms in total. The molecule has 2 aromatic heterocycles. The van der Waals surface area contributed by atoms with Crippen molar-refractivity contribution in [2.24, 2.45) is 5.92 Å². The summed E-state index contributed by atoms with van der Waals surface area (Å²) in [5, 5.41) is 6.76. The molecule has 0 saturated carbocycles. The van der Waals surface area contributed by atoms with Gasteiger partial charge in [-0.2, -0.15) is 14.8 Å². The Labute approximate surface area is 147 Å². The van der Waals surface area contributed by atoms with E-state index in [0.29, 0.717) is 11.7 Å². The van der Waals surface area contributed by atoms with Gasteiger partial charge in [0.1, 0.15) is 12.1 Å². The first-order chi connectivity index (χ1) is 12.1. The van der Waals surface area contributed by atoms with Gasteiger partial charge in [0.2, 0.25) is 11.9 Å². The number of hydrogen-bond donors (Lipinski definition) is 1. The molecule has 3 rings (SSSR count). The molecule has 0 radical (unpaired) electrons. The minimum Gasteiger partial charge on any atom is -0.294 e. The van der Waals surface area contributed by atoms with E-state index in [9.17, 15) is 9.18 Å². The Hall–Kier alpha value is -2.81. The molecule has 128 valence electrons. The van der Waals surface area contributed by atoms with Crippen molar-refractivity contribution in [1.82, 2.24) is 24.7 Å². The third kappa shape index (κ3) is 4.38. The van der Waals surface area contributed by atoms with Gasteiger partial charge in [0, 0.05) is 29.0 Å². The van der Waals surface area contributed by atoms with Crippen LogP contribution in [0, 0.1) is 11.7 Å². The molecule has 25 heavy (non-hydrogen) atoms. The second kappa shape index (κ2) is 7.84. The van der Waals surface area contributed by atoms with E-state index in [-0.39, 0.29) is 23.6 Å². The van der Waals surface area contributed by atoms with Crippen LogP contribution >= 0.6 is 11.8 Å². The number of aromatic nitrogens is 5. The molecule has 1 aromatic carbocycles. The smallest absolute Gasteiger partial charge is 0.253 e. The standard InChI is InChI=1S/C16H15FN6OS/c1-11(9-25-13-5-3-12(17)4-6-13)14(24)22-16-20-10-21-23(16)15-18-7-2-8-19-15/h2-8,10-11H,9H2,1H3,(H,20,21,22,24). The number of carbonyl (C=O) groups is 1. The summed E-state index contributed by atoms with van der Waals surface area (Å²) < 4.78 is 14.3. The normalized spacial score (nSPS) is 11.9. The highest BCUT2D eigenvalue weighted by Gasteiger charge is 2.17. The van der Waals surface area contributed by atoms with Gasteiger partial charge in [-0.15, -0.1) is 11.8 Å². The maximum atomic E-state index is 12.9. The quantitative estimate of drug-likeness (QED) is 0.682. The van der Waals surface area contributed by atoms with Crippen molar-refractivity contribution < 1.29 is 9.18 Å². The number of anilines is 1. The molecule has 1 unspecified atom stereocenters. The molecule has 0 fully saturated rings. The number of rotatable bonds is 6. The fraction of sp³-hybridized carbons (Fsp3) is 0.188. The maximum absolute atomic E-state index is 12.9. The van der Waals surface area contributed by atoms with Gasteiger partial charge < -0.3 is 0 Å². The summed E-state index contributed by atoms with van der Waals surface area (Å²) in [6.07, 6.45) is 4.49. The molecule has 1 amide bonds. The predicted molar refractivity (Wildman–Crippen MR) is 91.9 cm³/mol. The van der Waals surface area contributed by atoms with Crippen LogP contribution in [0.1, 0.15) is 6.92 Å². The number of benzene rings is 1. The number of thioether (sulfide) groups is 1. The summed E-state index contributed by atoms with van der Waals surface area (Å²) in [6, 6.07) is 7.86. The lowest BCUT2D eigenvalue weighted by Crippen LogP contribution is -2.24. The van der Waals surface area contributed by atoms with E-state index in [2.05, 4.69) is 25.4 Å². The van der Waals surface area contributed by atoms with Gasteiger partial charge in [-0.1, -0.05) is 6.92 Å². The molecule has 9 heteroatoms. The van der Waals surface area contributed by atoms with Gasteiger partial charge in [0.05, 0.1) is 0 Å². The van der Waals surface area contributed by atoms with E-state index in [1.165, 1.54) is 34.9 Å². The van der Waals surface area contributed by atoms with Crippen LogP contribution in [0.25, 0.3) is 5.95 Å².